The van der Waals surface area contributed by atoms with E-state index in [4.69, 9.17) is 10.5 Å². The number of aromatic hydroxyl groups is 1. The first kappa shape index (κ1) is 12.9. The van der Waals surface area contributed by atoms with Gasteiger partial charge in [-0.25, -0.2) is 4.79 Å². The van der Waals surface area contributed by atoms with Crippen LogP contribution in [0.5, 0.6) is 5.88 Å². The first-order chi connectivity index (χ1) is 7.93. The summed E-state index contributed by atoms with van der Waals surface area (Å²) in [7, 11) is 0. The lowest BCUT2D eigenvalue weighted by molar-refractivity contribution is -0.122. The molecule has 0 bridgehead atoms. The zero-order chi connectivity index (χ0) is 13.0. The summed E-state index contributed by atoms with van der Waals surface area (Å²) in [6.07, 6.45) is 0. The summed E-state index contributed by atoms with van der Waals surface area (Å²) < 4.78 is 18.2. The number of primary amides is 1. The van der Waals surface area contributed by atoms with Crippen LogP contribution >= 0.6 is 0 Å². The van der Waals surface area contributed by atoms with Gasteiger partial charge in [0.05, 0.1) is 13.2 Å². The lowest BCUT2D eigenvalue weighted by atomic mass is 10.5. The topological polar surface area (TPSA) is 127 Å². The van der Waals surface area contributed by atoms with E-state index in [0.717, 1.165) is 0 Å². The molecule has 1 aromatic rings. The van der Waals surface area contributed by atoms with Gasteiger partial charge in [-0.3, -0.25) is 19.1 Å². The molecule has 94 valence electrons. The highest BCUT2D eigenvalue weighted by molar-refractivity contribution is 5.74. The maximum Gasteiger partial charge on any atom is 0.331 e. The number of nitrogens with one attached hydrogen (secondary N) is 1. The summed E-state index contributed by atoms with van der Waals surface area (Å²) in [5, 5.41) is 9.19. The third-order valence-electron chi connectivity index (χ3n) is 1.82. The van der Waals surface area contributed by atoms with Gasteiger partial charge in [0.15, 0.2) is 0 Å². The minimum atomic E-state index is -1.46. The molecule has 0 atom stereocenters. The summed E-state index contributed by atoms with van der Waals surface area (Å²) in [4.78, 5) is 33.9. The van der Waals surface area contributed by atoms with Gasteiger partial charge in [-0.15, -0.1) is 0 Å². The maximum atomic E-state index is 12.9. The van der Waals surface area contributed by atoms with Crippen LogP contribution in [-0.4, -0.2) is 33.8 Å². The van der Waals surface area contributed by atoms with Crippen LogP contribution in [0.15, 0.2) is 9.59 Å². The van der Waals surface area contributed by atoms with Crippen LogP contribution in [0, 0.1) is 5.82 Å². The Labute approximate surface area is 93.4 Å². The van der Waals surface area contributed by atoms with E-state index in [0.29, 0.717) is 4.57 Å². The molecule has 8 nitrogen and oxygen atoms in total. The third-order valence-corrected chi connectivity index (χ3v) is 1.82. The number of amides is 1. The SMILES string of the molecule is NC(=O)COCCn1c(O)c(F)c(=O)[nH]c1=O. The van der Waals surface area contributed by atoms with Crippen LogP contribution in [0.1, 0.15) is 0 Å². The van der Waals surface area contributed by atoms with E-state index in [1.165, 1.54) is 0 Å². The number of hydrogen-bond acceptors (Lipinski definition) is 5. The Kier molecular flexibility index (Phi) is 3.99. The normalized spacial score (nSPS) is 10.4. The van der Waals surface area contributed by atoms with E-state index in [1.807, 2.05) is 0 Å². The molecule has 0 aliphatic carbocycles. The molecule has 0 aliphatic rings. The molecular weight excluding hydrogens is 237 g/mol. The molecule has 0 fully saturated rings. The first-order valence-electron chi connectivity index (χ1n) is 4.51. The van der Waals surface area contributed by atoms with E-state index in [2.05, 4.69) is 0 Å². The highest BCUT2D eigenvalue weighted by atomic mass is 19.1. The second kappa shape index (κ2) is 5.25. The molecule has 1 aromatic heterocycles. The van der Waals surface area contributed by atoms with E-state index in [1.54, 1.807) is 4.98 Å². The van der Waals surface area contributed by atoms with Gasteiger partial charge in [-0.1, -0.05) is 0 Å². The predicted molar refractivity (Wildman–Crippen MR) is 53.0 cm³/mol. The van der Waals surface area contributed by atoms with Crippen molar-refractivity contribution in [1.82, 2.24) is 9.55 Å². The Hall–Kier alpha value is -2.16. The molecular formula is C8H10FN3O5. The van der Waals surface area contributed by atoms with E-state index in [9.17, 15) is 23.9 Å². The van der Waals surface area contributed by atoms with Crippen molar-refractivity contribution >= 4 is 5.91 Å². The lowest BCUT2D eigenvalue weighted by Crippen LogP contribution is -2.33. The Morgan fingerprint density at radius 1 is 1.53 bits per heavy atom. The molecule has 0 spiro atoms. The van der Waals surface area contributed by atoms with E-state index in [-0.39, 0.29) is 19.8 Å². The highest BCUT2D eigenvalue weighted by Gasteiger charge is 2.13. The van der Waals surface area contributed by atoms with Crippen molar-refractivity contribution in [2.24, 2.45) is 5.73 Å². The molecule has 0 radical (unpaired) electrons. The maximum absolute atomic E-state index is 12.9. The standard InChI is InChI=1S/C8H10FN3O5/c9-5-6(14)11-8(16)12(7(5)15)1-2-17-3-4(10)13/h15H,1-3H2,(H2,10,13)(H,11,14,16). The molecule has 9 heteroatoms. The lowest BCUT2D eigenvalue weighted by Gasteiger charge is -2.07. The molecule has 4 N–H and O–H groups in total. The Bertz CT molecular complexity index is 535. The van der Waals surface area contributed by atoms with Crippen LogP contribution in [0.25, 0.3) is 0 Å². The van der Waals surface area contributed by atoms with Gasteiger partial charge in [-0.2, -0.15) is 4.39 Å². The monoisotopic (exact) mass is 247 g/mol. The van der Waals surface area contributed by atoms with Crippen LogP contribution in [0.3, 0.4) is 0 Å². The smallest absolute Gasteiger partial charge is 0.331 e. The molecule has 1 heterocycles. The number of aromatic nitrogens is 2. The summed E-state index contributed by atoms with van der Waals surface area (Å²) in [5.74, 6) is -3.24. The van der Waals surface area contributed by atoms with Gasteiger partial charge >= 0.3 is 5.69 Å². The van der Waals surface area contributed by atoms with Gasteiger partial charge in [0, 0.05) is 0 Å². The first-order valence-corrected chi connectivity index (χ1v) is 4.51. The van der Waals surface area contributed by atoms with Crippen LogP contribution in [0.2, 0.25) is 0 Å². The second-order valence-corrected chi connectivity index (χ2v) is 3.07. The minimum Gasteiger partial charge on any atom is -0.492 e. The number of H-pyrrole nitrogens is 1. The Morgan fingerprint density at radius 2 is 2.18 bits per heavy atom. The molecule has 0 saturated carbocycles. The van der Waals surface area contributed by atoms with Crippen molar-refractivity contribution in [2.45, 2.75) is 6.54 Å². The minimum absolute atomic E-state index is 0.151. The van der Waals surface area contributed by atoms with Gasteiger partial charge < -0.3 is 15.6 Å². The summed E-state index contributed by atoms with van der Waals surface area (Å²) in [6, 6.07) is 0. The summed E-state index contributed by atoms with van der Waals surface area (Å²) >= 11 is 0. The Balaban J connectivity index is 2.78. The number of carbonyl (C=O) groups excluding carboxylic acids is 1. The molecule has 0 saturated heterocycles. The number of halogens is 1. The van der Waals surface area contributed by atoms with Crippen molar-refractivity contribution in [2.75, 3.05) is 13.2 Å². The number of carbonyl (C=O) groups is 1. The fourth-order valence-electron chi connectivity index (χ4n) is 1.07. The fourth-order valence-corrected chi connectivity index (χ4v) is 1.07. The van der Waals surface area contributed by atoms with Gasteiger partial charge in [0.25, 0.3) is 5.56 Å². The molecule has 0 aromatic carbocycles. The van der Waals surface area contributed by atoms with Crippen molar-refractivity contribution < 1.29 is 19.0 Å². The Morgan fingerprint density at radius 3 is 2.76 bits per heavy atom. The highest BCUT2D eigenvalue weighted by Crippen LogP contribution is 2.06. The average Bonchev–Trinajstić information content (AvgIpc) is 2.24. The van der Waals surface area contributed by atoms with Crippen molar-refractivity contribution in [3.63, 3.8) is 0 Å². The molecule has 17 heavy (non-hydrogen) atoms. The quantitative estimate of drug-likeness (QED) is 0.513. The molecule has 0 unspecified atom stereocenters. The number of nitrogens with two attached hydrogens (primary N) is 1. The van der Waals surface area contributed by atoms with Gasteiger partial charge in [0.2, 0.25) is 17.6 Å². The molecule has 1 rings (SSSR count). The van der Waals surface area contributed by atoms with Crippen molar-refractivity contribution in [3.05, 3.63) is 26.7 Å². The number of nitrogens with zero attached hydrogens (tertiary/aromatic N) is 1. The van der Waals surface area contributed by atoms with Crippen LogP contribution in [0.4, 0.5) is 4.39 Å². The number of aromatic amines is 1. The summed E-state index contributed by atoms with van der Waals surface area (Å²) in [5.41, 5.74) is 2.51. The number of rotatable bonds is 5. The zero-order valence-corrected chi connectivity index (χ0v) is 8.60. The number of ether oxygens (including phenoxy) is 1. The van der Waals surface area contributed by atoms with Gasteiger partial charge in [-0.05, 0) is 0 Å². The van der Waals surface area contributed by atoms with Crippen molar-refractivity contribution in [3.8, 4) is 5.88 Å². The van der Waals surface area contributed by atoms with Crippen LogP contribution in [-0.2, 0) is 16.1 Å². The van der Waals surface area contributed by atoms with Gasteiger partial charge in [0.1, 0.15) is 6.61 Å². The number of hydrogen-bond donors (Lipinski definition) is 3. The molecule has 1 amide bonds. The van der Waals surface area contributed by atoms with Crippen molar-refractivity contribution in [1.29, 1.82) is 0 Å². The molecule has 0 aliphatic heterocycles. The average molecular weight is 247 g/mol. The summed E-state index contributed by atoms with van der Waals surface area (Å²) in [6.45, 7) is -0.741. The zero-order valence-electron chi connectivity index (χ0n) is 8.60. The van der Waals surface area contributed by atoms with E-state index < -0.39 is 28.9 Å². The second-order valence-electron chi connectivity index (χ2n) is 3.07. The predicted octanol–water partition coefficient (Wildman–Crippen LogP) is -2.12. The largest absolute Gasteiger partial charge is 0.492 e. The van der Waals surface area contributed by atoms with Crippen LogP contribution < -0.4 is 17.0 Å². The third kappa shape index (κ3) is 3.14. The van der Waals surface area contributed by atoms with E-state index >= 15 is 0 Å². The fraction of sp³-hybridized carbons (Fsp3) is 0.375.